The summed E-state index contributed by atoms with van der Waals surface area (Å²) in [6.45, 7) is 2.60. The van der Waals surface area contributed by atoms with Crippen molar-refractivity contribution in [2.75, 3.05) is 34.4 Å². The molecule has 1 amide bonds. The van der Waals surface area contributed by atoms with E-state index in [4.69, 9.17) is 23.9 Å². The van der Waals surface area contributed by atoms with E-state index in [1.54, 1.807) is 33.5 Å². The molecule has 198 valence electrons. The Morgan fingerprint density at radius 2 is 1.55 bits per heavy atom. The first-order chi connectivity index (χ1) is 18.6. The molecule has 0 radical (unpaired) electrons. The zero-order valence-electron chi connectivity index (χ0n) is 22.1. The fourth-order valence-corrected chi connectivity index (χ4v) is 5.07. The number of para-hydroxylation sites is 3. The molecule has 0 N–H and O–H groups in total. The van der Waals surface area contributed by atoms with Crippen molar-refractivity contribution in [2.45, 2.75) is 26.0 Å². The summed E-state index contributed by atoms with van der Waals surface area (Å²) >= 11 is 0. The number of carbonyl (C=O) groups excluding carboxylic acids is 1. The Morgan fingerprint density at radius 3 is 2.21 bits per heavy atom. The topological polar surface area (TPSA) is 75.1 Å². The summed E-state index contributed by atoms with van der Waals surface area (Å²) in [6.07, 6.45) is 1.81. The summed E-state index contributed by atoms with van der Waals surface area (Å²) in [6, 6.07) is 21.4. The highest BCUT2D eigenvalue weighted by Gasteiger charge is 2.27. The average molecular weight is 516 g/mol. The Kier molecular flexibility index (Phi) is 7.67. The van der Waals surface area contributed by atoms with Gasteiger partial charge in [0, 0.05) is 25.2 Å². The van der Waals surface area contributed by atoms with Crippen LogP contribution in [0.2, 0.25) is 0 Å². The summed E-state index contributed by atoms with van der Waals surface area (Å²) in [5.74, 6) is 3.55. The van der Waals surface area contributed by atoms with Gasteiger partial charge in [-0.1, -0.05) is 30.3 Å². The number of amides is 1. The molecular weight excluding hydrogens is 482 g/mol. The number of nitrogens with zero attached hydrogens (tertiary/aromatic N) is 3. The molecule has 1 aliphatic rings. The van der Waals surface area contributed by atoms with Crippen LogP contribution in [0, 0.1) is 5.92 Å². The molecule has 3 aromatic carbocycles. The predicted molar refractivity (Wildman–Crippen MR) is 145 cm³/mol. The van der Waals surface area contributed by atoms with Gasteiger partial charge in [-0.3, -0.25) is 4.79 Å². The Hall–Kier alpha value is -4.20. The number of benzene rings is 3. The number of piperidine rings is 1. The van der Waals surface area contributed by atoms with Gasteiger partial charge >= 0.3 is 0 Å². The van der Waals surface area contributed by atoms with Crippen molar-refractivity contribution in [3.63, 3.8) is 0 Å². The molecule has 8 heteroatoms. The third-order valence-corrected chi connectivity index (χ3v) is 7.10. The highest BCUT2D eigenvalue weighted by Crippen LogP contribution is 2.38. The third-order valence-electron chi connectivity index (χ3n) is 7.10. The van der Waals surface area contributed by atoms with Gasteiger partial charge in [0.25, 0.3) is 5.91 Å². The van der Waals surface area contributed by atoms with Crippen molar-refractivity contribution in [2.24, 2.45) is 5.92 Å². The molecule has 2 heterocycles. The second-order valence-corrected chi connectivity index (χ2v) is 9.38. The van der Waals surface area contributed by atoms with Gasteiger partial charge in [0.2, 0.25) is 5.75 Å². The maximum absolute atomic E-state index is 13.4. The number of hydrogen-bond acceptors (Lipinski definition) is 6. The molecule has 38 heavy (non-hydrogen) atoms. The number of imidazole rings is 1. The van der Waals surface area contributed by atoms with Gasteiger partial charge in [-0.15, -0.1) is 0 Å². The van der Waals surface area contributed by atoms with Crippen molar-refractivity contribution in [3.8, 4) is 23.0 Å². The first kappa shape index (κ1) is 25.4. The molecule has 0 bridgehead atoms. The molecule has 0 unspecified atom stereocenters. The lowest BCUT2D eigenvalue weighted by molar-refractivity contribution is 0.0681. The number of likely N-dealkylation sites (tertiary alicyclic amines) is 1. The van der Waals surface area contributed by atoms with E-state index in [1.807, 2.05) is 53.4 Å². The Balaban J connectivity index is 1.28. The summed E-state index contributed by atoms with van der Waals surface area (Å²) < 4.78 is 24.6. The predicted octanol–water partition coefficient (Wildman–Crippen LogP) is 5.19. The molecule has 0 aliphatic carbocycles. The number of methoxy groups -OCH3 is 3. The van der Waals surface area contributed by atoms with Gasteiger partial charge in [-0.25, -0.2) is 4.98 Å². The smallest absolute Gasteiger partial charge is 0.254 e. The zero-order valence-corrected chi connectivity index (χ0v) is 22.1. The van der Waals surface area contributed by atoms with Crippen LogP contribution in [0.15, 0.2) is 66.7 Å². The summed E-state index contributed by atoms with van der Waals surface area (Å²) in [4.78, 5) is 20.1. The molecule has 1 aromatic heterocycles. The molecule has 0 atom stereocenters. The molecular formula is C30H33N3O5. The Labute approximate surface area is 222 Å². The number of rotatable bonds is 9. The van der Waals surface area contributed by atoms with Crippen LogP contribution in [0.25, 0.3) is 11.0 Å². The van der Waals surface area contributed by atoms with E-state index in [1.165, 1.54) is 0 Å². The third kappa shape index (κ3) is 5.25. The largest absolute Gasteiger partial charge is 0.493 e. The van der Waals surface area contributed by atoms with Crippen LogP contribution in [-0.4, -0.2) is 54.8 Å². The van der Waals surface area contributed by atoms with Crippen molar-refractivity contribution in [3.05, 3.63) is 78.1 Å². The highest BCUT2D eigenvalue weighted by molar-refractivity contribution is 5.95. The quantitative estimate of drug-likeness (QED) is 0.305. The van der Waals surface area contributed by atoms with E-state index in [9.17, 15) is 4.79 Å². The Morgan fingerprint density at radius 1 is 0.895 bits per heavy atom. The van der Waals surface area contributed by atoms with Gasteiger partial charge in [-0.2, -0.15) is 0 Å². The molecule has 5 rings (SSSR count). The molecule has 1 fully saturated rings. The van der Waals surface area contributed by atoms with Crippen LogP contribution in [0.5, 0.6) is 23.0 Å². The molecule has 1 saturated heterocycles. The maximum atomic E-state index is 13.4. The van der Waals surface area contributed by atoms with Gasteiger partial charge in [0.1, 0.15) is 18.2 Å². The first-order valence-electron chi connectivity index (χ1n) is 12.8. The minimum atomic E-state index is -0.0345. The summed E-state index contributed by atoms with van der Waals surface area (Å²) in [7, 11) is 4.65. The Bertz CT molecular complexity index is 1370. The number of carbonyl (C=O) groups is 1. The molecule has 1 aliphatic heterocycles. The monoisotopic (exact) mass is 515 g/mol. The minimum absolute atomic E-state index is 0.0345. The lowest BCUT2D eigenvalue weighted by Crippen LogP contribution is -2.39. The number of hydrogen-bond donors (Lipinski definition) is 0. The van der Waals surface area contributed by atoms with Crippen LogP contribution < -0.4 is 18.9 Å². The lowest BCUT2D eigenvalue weighted by Gasteiger charge is -2.32. The van der Waals surface area contributed by atoms with Crippen LogP contribution in [-0.2, 0) is 13.2 Å². The first-order valence-corrected chi connectivity index (χ1v) is 12.8. The zero-order chi connectivity index (χ0) is 26.5. The fourth-order valence-electron chi connectivity index (χ4n) is 5.07. The van der Waals surface area contributed by atoms with Crippen molar-refractivity contribution < 1.29 is 23.7 Å². The standard InChI is InChI=1S/C30H33N3O5/c1-35-26-17-22(18-27(36-2)29(26)37-3)30(34)32-15-13-21(14-16-32)19-33-25-12-8-7-11-24(25)31-28(33)20-38-23-9-5-4-6-10-23/h4-12,17-18,21H,13-16,19-20H2,1-3H3. The number of ether oxygens (including phenoxy) is 4. The molecule has 0 spiro atoms. The van der Waals surface area contributed by atoms with Crippen LogP contribution in [0.3, 0.4) is 0 Å². The van der Waals surface area contributed by atoms with Crippen LogP contribution >= 0.6 is 0 Å². The SMILES string of the molecule is COc1cc(C(=O)N2CCC(Cn3c(COc4ccccc4)nc4ccccc43)CC2)cc(OC)c1OC. The fraction of sp³-hybridized carbons (Fsp3) is 0.333. The molecule has 0 saturated carbocycles. The number of aromatic nitrogens is 2. The van der Waals surface area contributed by atoms with E-state index in [-0.39, 0.29) is 5.91 Å². The van der Waals surface area contributed by atoms with Crippen molar-refractivity contribution in [1.29, 1.82) is 0 Å². The second kappa shape index (κ2) is 11.5. The normalized spacial score (nSPS) is 13.9. The highest BCUT2D eigenvalue weighted by atomic mass is 16.5. The molecule has 4 aromatic rings. The maximum Gasteiger partial charge on any atom is 0.254 e. The van der Waals surface area contributed by atoms with Gasteiger partial charge in [0.15, 0.2) is 11.5 Å². The second-order valence-electron chi connectivity index (χ2n) is 9.38. The van der Waals surface area contributed by atoms with E-state index in [0.29, 0.717) is 48.4 Å². The van der Waals surface area contributed by atoms with Crippen LogP contribution in [0.1, 0.15) is 29.0 Å². The van der Waals surface area contributed by atoms with E-state index < -0.39 is 0 Å². The van der Waals surface area contributed by atoms with E-state index in [2.05, 4.69) is 10.6 Å². The van der Waals surface area contributed by atoms with Crippen molar-refractivity contribution >= 4 is 16.9 Å². The van der Waals surface area contributed by atoms with Gasteiger partial charge in [-0.05, 0) is 55.2 Å². The van der Waals surface area contributed by atoms with Gasteiger partial charge < -0.3 is 28.4 Å². The van der Waals surface area contributed by atoms with E-state index >= 15 is 0 Å². The number of fused-ring (bicyclic) bond motifs is 1. The summed E-state index contributed by atoms with van der Waals surface area (Å²) in [5, 5.41) is 0. The minimum Gasteiger partial charge on any atom is -0.493 e. The van der Waals surface area contributed by atoms with Gasteiger partial charge in [0.05, 0.1) is 32.4 Å². The average Bonchev–Trinajstić information content (AvgIpc) is 3.32. The van der Waals surface area contributed by atoms with Crippen LogP contribution in [0.4, 0.5) is 0 Å². The van der Waals surface area contributed by atoms with E-state index in [0.717, 1.165) is 42.0 Å². The lowest BCUT2D eigenvalue weighted by atomic mass is 9.96. The van der Waals surface area contributed by atoms with Crippen molar-refractivity contribution in [1.82, 2.24) is 14.5 Å². The summed E-state index contributed by atoms with van der Waals surface area (Å²) in [5.41, 5.74) is 2.60. The molecule has 8 nitrogen and oxygen atoms in total.